The van der Waals surface area contributed by atoms with E-state index in [1.165, 1.54) is 6.08 Å². The van der Waals surface area contributed by atoms with E-state index in [1.807, 2.05) is 12.2 Å². The minimum absolute atomic E-state index is 0.0458. The Balaban J connectivity index is 1.50. The molecular weight excluding hydrogens is 669 g/mol. The molecular formula is C33H39F11O4. The van der Waals surface area contributed by atoms with Crippen LogP contribution in [0.25, 0.3) is 0 Å². The van der Waals surface area contributed by atoms with E-state index in [1.54, 1.807) is 6.92 Å². The number of ketones is 1. The fraction of sp³-hybridized carbons (Fsp3) is 0.727. The van der Waals surface area contributed by atoms with E-state index in [4.69, 9.17) is 0 Å². The molecule has 0 aromatic carbocycles. The maximum absolute atomic E-state index is 14.6. The van der Waals surface area contributed by atoms with Gasteiger partial charge in [0.25, 0.3) is 0 Å². The summed E-state index contributed by atoms with van der Waals surface area (Å²) in [7, 11) is 0. The third-order valence-corrected chi connectivity index (χ3v) is 11.2. The van der Waals surface area contributed by atoms with Crippen LogP contribution in [0.5, 0.6) is 0 Å². The van der Waals surface area contributed by atoms with Gasteiger partial charge >= 0.3 is 29.9 Å². The summed E-state index contributed by atoms with van der Waals surface area (Å²) in [6, 6.07) is 0. The average molecular weight is 709 g/mol. The van der Waals surface area contributed by atoms with Crippen molar-refractivity contribution >= 4 is 5.78 Å². The molecule has 4 fully saturated rings. The van der Waals surface area contributed by atoms with Crippen molar-refractivity contribution in [1.82, 2.24) is 0 Å². The molecule has 4 aliphatic rings. The number of carbonyl (C=O) groups is 1. The lowest BCUT2D eigenvalue weighted by molar-refractivity contribution is -0.417. The van der Waals surface area contributed by atoms with Gasteiger partial charge in [0.1, 0.15) is 0 Å². The standard InChI is InChI=1S/C33H39F11O4/c1-17(22-9-10-23-19(5-4-12-27(22,23)3)7-8-20-15-21(45)16-24(46)18(20)2)6-11-25(47)28(13-14-28)26(48)29(34,35)30(36,37)31(38,39)32(40,41)33(42,43)44/h6-8,11,17,21-25,45-47H,2,4-5,9-10,12-16H2,1,3H3/b11-6+,19-7+,20-8-/t17-,21-,22-,23+,24+,25-,27-/m1/s1. The molecule has 15 heteroatoms. The molecule has 7 atom stereocenters. The molecule has 4 nitrogen and oxygen atoms in total. The van der Waals surface area contributed by atoms with Gasteiger partial charge in [0, 0.05) is 6.42 Å². The zero-order valence-corrected chi connectivity index (χ0v) is 26.3. The molecule has 0 heterocycles. The van der Waals surface area contributed by atoms with Gasteiger partial charge in [-0.15, -0.1) is 0 Å². The lowest BCUT2D eigenvalue weighted by atomic mass is 9.61. The van der Waals surface area contributed by atoms with Gasteiger partial charge in [0.15, 0.2) is 0 Å². The molecule has 0 aromatic rings. The Bertz CT molecular complexity index is 1360. The molecule has 0 aliphatic heterocycles. The first kappa shape index (κ1) is 38.5. The number of aliphatic hydroxyl groups excluding tert-OH is 3. The summed E-state index contributed by atoms with van der Waals surface area (Å²) in [5, 5.41) is 30.9. The van der Waals surface area contributed by atoms with Crippen LogP contribution in [0.3, 0.4) is 0 Å². The smallest absolute Gasteiger partial charge is 0.393 e. The van der Waals surface area contributed by atoms with E-state index in [-0.39, 0.29) is 29.6 Å². The fourth-order valence-electron chi connectivity index (χ4n) is 8.03. The highest BCUT2D eigenvalue weighted by Gasteiger charge is 2.89. The van der Waals surface area contributed by atoms with Gasteiger partial charge in [0.05, 0.1) is 23.7 Å². The molecule has 3 N–H and O–H groups in total. The Morgan fingerprint density at radius 1 is 0.896 bits per heavy atom. The van der Waals surface area contributed by atoms with Gasteiger partial charge in [-0.05, 0) is 85.7 Å². The summed E-state index contributed by atoms with van der Waals surface area (Å²) in [5.74, 6) is -32.8. The van der Waals surface area contributed by atoms with Crippen molar-refractivity contribution in [3.8, 4) is 0 Å². The van der Waals surface area contributed by atoms with Gasteiger partial charge in [0.2, 0.25) is 5.78 Å². The summed E-state index contributed by atoms with van der Waals surface area (Å²) in [4.78, 5) is 12.5. The second-order valence-corrected chi connectivity index (χ2v) is 14.1. The van der Waals surface area contributed by atoms with Crippen LogP contribution >= 0.6 is 0 Å². The number of aliphatic hydroxyl groups is 3. The average Bonchev–Trinajstić information content (AvgIpc) is 3.71. The summed E-state index contributed by atoms with van der Waals surface area (Å²) < 4.78 is 149. The predicted octanol–water partition coefficient (Wildman–Crippen LogP) is 8.13. The lowest BCUT2D eigenvalue weighted by Crippen LogP contribution is -2.69. The van der Waals surface area contributed by atoms with Crippen LogP contribution in [0.1, 0.15) is 71.6 Å². The maximum Gasteiger partial charge on any atom is 0.460 e. The van der Waals surface area contributed by atoms with Crippen LogP contribution < -0.4 is 0 Å². The summed E-state index contributed by atoms with van der Waals surface area (Å²) >= 11 is 0. The zero-order valence-electron chi connectivity index (χ0n) is 26.3. The molecule has 48 heavy (non-hydrogen) atoms. The van der Waals surface area contributed by atoms with Crippen molar-refractivity contribution < 1.29 is 68.4 Å². The van der Waals surface area contributed by atoms with E-state index in [0.717, 1.165) is 42.9 Å². The van der Waals surface area contributed by atoms with Crippen molar-refractivity contribution in [1.29, 1.82) is 0 Å². The van der Waals surface area contributed by atoms with Gasteiger partial charge in [-0.1, -0.05) is 50.3 Å². The van der Waals surface area contributed by atoms with Crippen molar-refractivity contribution in [2.45, 2.75) is 120 Å². The predicted molar refractivity (Wildman–Crippen MR) is 152 cm³/mol. The number of halogens is 11. The molecule has 4 saturated carbocycles. The molecule has 4 aliphatic carbocycles. The first-order valence-electron chi connectivity index (χ1n) is 15.7. The second kappa shape index (κ2) is 12.5. The highest BCUT2D eigenvalue weighted by Crippen LogP contribution is 2.62. The number of Topliss-reactive ketones (excluding diaryl/α,β-unsaturated/α-hetero) is 1. The number of hydrogen-bond acceptors (Lipinski definition) is 4. The largest absolute Gasteiger partial charge is 0.460 e. The first-order chi connectivity index (χ1) is 21.8. The Morgan fingerprint density at radius 3 is 2.06 bits per heavy atom. The minimum Gasteiger partial charge on any atom is -0.393 e. The Hall–Kier alpha value is -2.26. The van der Waals surface area contributed by atoms with Crippen molar-refractivity contribution in [2.75, 3.05) is 0 Å². The third kappa shape index (κ3) is 6.07. The normalized spacial score (nSPS) is 33.3. The Kier molecular flexibility index (Phi) is 10.0. The third-order valence-electron chi connectivity index (χ3n) is 11.2. The van der Waals surface area contributed by atoms with Crippen molar-refractivity contribution in [3.63, 3.8) is 0 Å². The lowest BCUT2D eigenvalue weighted by Gasteiger charge is -2.44. The number of alkyl halides is 11. The molecule has 4 rings (SSSR count). The van der Waals surface area contributed by atoms with Gasteiger partial charge in [-0.25, -0.2) is 0 Å². The summed E-state index contributed by atoms with van der Waals surface area (Å²) in [6.45, 7) is 7.75. The first-order valence-corrected chi connectivity index (χ1v) is 15.7. The fourth-order valence-corrected chi connectivity index (χ4v) is 8.03. The highest BCUT2D eigenvalue weighted by molar-refractivity contribution is 5.95. The molecule has 0 aromatic heterocycles. The Morgan fingerprint density at radius 2 is 1.50 bits per heavy atom. The van der Waals surface area contributed by atoms with Crippen LogP contribution in [-0.4, -0.2) is 69.3 Å². The topological polar surface area (TPSA) is 77.8 Å². The minimum atomic E-state index is -7.70. The van der Waals surface area contributed by atoms with Crippen LogP contribution in [0, 0.1) is 28.6 Å². The number of hydrogen-bond donors (Lipinski definition) is 3. The van der Waals surface area contributed by atoms with E-state index in [2.05, 4.69) is 13.5 Å². The SMILES string of the molecule is C=C1/C(=C\C=C2/CCC[C@]3(C)[C@@H]([C@H](C)/C=C/[C@@H](O)C4(C(=O)C(F)(F)C(F)(F)C(F)(F)C(F)(F)C(F)(F)F)CC4)CC[C@@H]23)C[C@@H](O)C[C@@H]1O. The second-order valence-electron chi connectivity index (χ2n) is 14.1. The zero-order chi connectivity index (χ0) is 36.5. The van der Waals surface area contributed by atoms with Crippen LogP contribution in [0.4, 0.5) is 48.3 Å². The maximum atomic E-state index is 14.6. The molecule has 0 radical (unpaired) electrons. The molecule has 272 valence electrons. The monoisotopic (exact) mass is 708 g/mol. The van der Waals surface area contributed by atoms with E-state index < -0.39 is 72.2 Å². The van der Waals surface area contributed by atoms with Crippen LogP contribution in [-0.2, 0) is 4.79 Å². The number of allylic oxidation sites excluding steroid dienone is 4. The molecule has 0 bridgehead atoms. The van der Waals surface area contributed by atoms with Crippen molar-refractivity contribution in [3.05, 3.63) is 47.6 Å². The number of carbonyl (C=O) groups excluding carboxylic acids is 1. The van der Waals surface area contributed by atoms with Gasteiger partial charge in [-0.3, -0.25) is 4.79 Å². The van der Waals surface area contributed by atoms with Gasteiger partial charge in [-0.2, -0.15) is 48.3 Å². The number of fused-ring (bicyclic) bond motifs is 1. The van der Waals surface area contributed by atoms with Gasteiger partial charge < -0.3 is 15.3 Å². The molecule has 0 unspecified atom stereocenters. The van der Waals surface area contributed by atoms with Crippen molar-refractivity contribution in [2.24, 2.45) is 28.6 Å². The van der Waals surface area contributed by atoms with E-state index >= 15 is 0 Å². The molecule has 0 saturated heterocycles. The molecule has 0 amide bonds. The quantitative estimate of drug-likeness (QED) is 0.158. The van der Waals surface area contributed by atoms with E-state index in [0.29, 0.717) is 18.4 Å². The Labute approximate surface area is 270 Å². The van der Waals surface area contributed by atoms with Crippen LogP contribution in [0.15, 0.2) is 47.6 Å². The highest BCUT2D eigenvalue weighted by atomic mass is 19.4. The molecule has 0 spiro atoms. The summed E-state index contributed by atoms with van der Waals surface area (Å²) in [6.07, 6.45) is -2.00. The summed E-state index contributed by atoms with van der Waals surface area (Å²) in [5.41, 5.74) is -0.634. The number of rotatable bonds is 10. The van der Waals surface area contributed by atoms with E-state index in [9.17, 15) is 68.4 Å². The van der Waals surface area contributed by atoms with Crippen LogP contribution in [0.2, 0.25) is 0 Å².